The second-order valence-electron chi connectivity index (χ2n) is 5.99. The third kappa shape index (κ3) is 3.46. The molecule has 0 amide bonds. The molecule has 0 spiro atoms. The molecule has 0 radical (unpaired) electrons. The third-order valence-corrected chi connectivity index (χ3v) is 3.82. The Bertz CT molecular complexity index is 193. The molecule has 0 bridgehead atoms. The van der Waals surface area contributed by atoms with E-state index in [1.54, 1.807) is 0 Å². The second-order valence-corrected chi connectivity index (χ2v) is 5.99. The molecule has 0 aromatic carbocycles. The van der Waals surface area contributed by atoms with Crippen LogP contribution in [0.15, 0.2) is 0 Å². The Morgan fingerprint density at radius 2 is 1.80 bits per heavy atom. The first-order chi connectivity index (χ1) is 7.12. The first-order valence-corrected chi connectivity index (χ1v) is 6.64. The van der Waals surface area contributed by atoms with Crippen LogP contribution in [0.1, 0.15) is 52.4 Å². The first-order valence-electron chi connectivity index (χ1n) is 6.64. The molecule has 3 N–H and O–H groups in total. The van der Waals surface area contributed by atoms with Crippen molar-refractivity contribution in [1.29, 1.82) is 0 Å². The van der Waals surface area contributed by atoms with Crippen LogP contribution in [0.3, 0.4) is 0 Å². The Kier molecular flexibility index (Phi) is 3.36. The van der Waals surface area contributed by atoms with E-state index < -0.39 is 0 Å². The molecule has 2 aliphatic carbocycles. The number of rotatable bonds is 7. The van der Waals surface area contributed by atoms with Gasteiger partial charge in [0.05, 0.1) is 0 Å². The molecule has 88 valence electrons. The molecule has 2 aliphatic rings. The molecule has 0 aromatic heterocycles. The number of hydrogen-bond acceptors (Lipinski definition) is 2. The van der Waals surface area contributed by atoms with Crippen molar-refractivity contribution in [3.63, 3.8) is 0 Å². The van der Waals surface area contributed by atoms with Gasteiger partial charge in [0, 0.05) is 18.1 Å². The van der Waals surface area contributed by atoms with Crippen LogP contribution >= 0.6 is 0 Å². The zero-order chi connectivity index (χ0) is 10.9. The molecule has 2 fully saturated rings. The van der Waals surface area contributed by atoms with Gasteiger partial charge in [0.2, 0.25) is 0 Å². The van der Waals surface area contributed by atoms with Crippen LogP contribution in [0, 0.1) is 11.8 Å². The van der Waals surface area contributed by atoms with Crippen molar-refractivity contribution in [2.24, 2.45) is 17.6 Å². The van der Waals surface area contributed by atoms with Crippen LogP contribution in [-0.2, 0) is 0 Å². The molecular formula is C13H26N2. The summed E-state index contributed by atoms with van der Waals surface area (Å²) in [5.74, 6) is 1.96. The highest BCUT2D eigenvalue weighted by Crippen LogP contribution is 2.44. The monoisotopic (exact) mass is 210 g/mol. The van der Waals surface area contributed by atoms with Crippen molar-refractivity contribution < 1.29 is 0 Å². The summed E-state index contributed by atoms with van der Waals surface area (Å²) in [7, 11) is 0. The van der Waals surface area contributed by atoms with Crippen LogP contribution < -0.4 is 11.1 Å². The van der Waals surface area contributed by atoms with Crippen LogP contribution in [-0.4, -0.2) is 18.1 Å². The van der Waals surface area contributed by atoms with E-state index in [2.05, 4.69) is 19.2 Å². The largest absolute Gasteiger partial charge is 0.324 e. The molecule has 2 rings (SSSR count). The topological polar surface area (TPSA) is 38.0 Å². The Morgan fingerprint density at radius 3 is 2.20 bits per heavy atom. The molecule has 1 atom stereocenters. The lowest BCUT2D eigenvalue weighted by Gasteiger charge is -2.28. The lowest BCUT2D eigenvalue weighted by Crippen LogP contribution is -2.49. The van der Waals surface area contributed by atoms with Crippen LogP contribution in [0.5, 0.6) is 0 Å². The minimum atomic E-state index is -0.00319. The summed E-state index contributed by atoms with van der Waals surface area (Å²) in [4.78, 5) is 0. The van der Waals surface area contributed by atoms with E-state index in [0.717, 1.165) is 30.8 Å². The predicted molar refractivity (Wildman–Crippen MR) is 64.7 cm³/mol. The highest BCUT2D eigenvalue weighted by molar-refractivity contribution is 4.97. The van der Waals surface area contributed by atoms with E-state index in [4.69, 9.17) is 5.73 Å². The third-order valence-electron chi connectivity index (χ3n) is 3.82. The molecule has 0 aliphatic heterocycles. The maximum absolute atomic E-state index is 6.25. The second kappa shape index (κ2) is 4.42. The van der Waals surface area contributed by atoms with Crippen molar-refractivity contribution in [2.75, 3.05) is 6.54 Å². The summed E-state index contributed by atoms with van der Waals surface area (Å²) >= 11 is 0. The molecule has 2 saturated carbocycles. The molecule has 2 nitrogen and oxygen atoms in total. The molecule has 2 heteroatoms. The predicted octanol–water partition coefficient (Wildman–Crippen LogP) is 2.28. The average molecular weight is 210 g/mol. The fourth-order valence-corrected chi connectivity index (χ4v) is 2.64. The molecule has 0 aromatic rings. The molecule has 0 saturated heterocycles. The van der Waals surface area contributed by atoms with Crippen LogP contribution in [0.2, 0.25) is 0 Å². The fourth-order valence-electron chi connectivity index (χ4n) is 2.64. The van der Waals surface area contributed by atoms with Crippen LogP contribution in [0.4, 0.5) is 0 Å². The zero-order valence-corrected chi connectivity index (χ0v) is 10.3. The molecule has 15 heavy (non-hydrogen) atoms. The minimum Gasteiger partial charge on any atom is -0.324 e. The van der Waals surface area contributed by atoms with E-state index in [0.29, 0.717) is 0 Å². The van der Waals surface area contributed by atoms with Crippen molar-refractivity contribution in [1.82, 2.24) is 5.32 Å². The Labute approximate surface area is 94.0 Å². The lowest BCUT2D eigenvalue weighted by molar-refractivity contribution is 0.335. The van der Waals surface area contributed by atoms with Gasteiger partial charge < -0.3 is 11.1 Å². The van der Waals surface area contributed by atoms with Gasteiger partial charge in [-0.25, -0.2) is 0 Å². The number of nitrogens with two attached hydrogens (primary N) is 1. The number of hydrogen-bond donors (Lipinski definition) is 2. The highest BCUT2D eigenvalue weighted by atomic mass is 15.0. The van der Waals surface area contributed by atoms with E-state index in [9.17, 15) is 0 Å². The van der Waals surface area contributed by atoms with Gasteiger partial charge in [0.1, 0.15) is 0 Å². The average Bonchev–Trinajstić information content (AvgIpc) is 2.99. The zero-order valence-electron chi connectivity index (χ0n) is 10.3. The van der Waals surface area contributed by atoms with Gasteiger partial charge >= 0.3 is 0 Å². The maximum Gasteiger partial charge on any atom is 0.0252 e. The number of nitrogens with one attached hydrogen (secondary N) is 1. The van der Waals surface area contributed by atoms with E-state index in [1.807, 2.05) is 0 Å². The maximum atomic E-state index is 6.25. The molecule has 0 heterocycles. The van der Waals surface area contributed by atoms with Gasteiger partial charge in [-0.2, -0.15) is 0 Å². The standard InChI is InChI=1S/C13H26N2/c1-3-8-13(2,14)9-15-12(10-4-5-10)11-6-7-11/h10-12,15H,3-9,14H2,1-2H3. The Morgan fingerprint density at radius 1 is 1.27 bits per heavy atom. The van der Waals surface area contributed by atoms with E-state index in [1.165, 1.54) is 32.1 Å². The quantitative estimate of drug-likeness (QED) is 0.676. The van der Waals surface area contributed by atoms with Gasteiger partial charge in [-0.3, -0.25) is 0 Å². The highest BCUT2D eigenvalue weighted by Gasteiger charge is 2.41. The van der Waals surface area contributed by atoms with Crippen LogP contribution in [0.25, 0.3) is 0 Å². The SMILES string of the molecule is CCCC(C)(N)CNC(C1CC1)C1CC1. The van der Waals surface area contributed by atoms with Crippen molar-refractivity contribution in [2.45, 2.75) is 64.0 Å². The Balaban J connectivity index is 1.74. The van der Waals surface area contributed by atoms with E-state index in [-0.39, 0.29) is 5.54 Å². The molecule has 1 unspecified atom stereocenters. The smallest absolute Gasteiger partial charge is 0.0252 e. The van der Waals surface area contributed by atoms with Gasteiger partial charge in [-0.15, -0.1) is 0 Å². The van der Waals surface area contributed by atoms with Gasteiger partial charge in [-0.05, 0) is 50.9 Å². The minimum absolute atomic E-state index is 0.00319. The van der Waals surface area contributed by atoms with Gasteiger partial charge in [0.15, 0.2) is 0 Å². The van der Waals surface area contributed by atoms with Crippen molar-refractivity contribution in [3.05, 3.63) is 0 Å². The summed E-state index contributed by atoms with van der Waals surface area (Å²) in [6.45, 7) is 5.39. The Hall–Kier alpha value is -0.0800. The summed E-state index contributed by atoms with van der Waals surface area (Å²) in [6.07, 6.45) is 8.10. The lowest BCUT2D eigenvalue weighted by atomic mass is 9.96. The summed E-state index contributed by atoms with van der Waals surface area (Å²) in [5.41, 5.74) is 6.25. The van der Waals surface area contributed by atoms with E-state index >= 15 is 0 Å². The van der Waals surface area contributed by atoms with Gasteiger partial charge in [0.25, 0.3) is 0 Å². The normalized spacial score (nSPS) is 25.6. The van der Waals surface area contributed by atoms with Gasteiger partial charge in [-0.1, -0.05) is 13.3 Å². The fraction of sp³-hybridized carbons (Fsp3) is 1.00. The summed E-state index contributed by atoms with van der Waals surface area (Å²) in [5, 5.41) is 3.74. The first kappa shape index (κ1) is 11.4. The van der Waals surface area contributed by atoms with Crippen molar-refractivity contribution >= 4 is 0 Å². The molecular weight excluding hydrogens is 184 g/mol. The van der Waals surface area contributed by atoms with Crippen molar-refractivity contribution in [3.8, 4) is 0 Å². The summed E-state index contributed by atoms with van der Waals surface area (Å²) < 4.78 is 0. The summed E-state index contributed by atoms with van der Waals surface area (Å²) in [6, 6.07) is 0.796.